The maximum Gasteiger partial charge on any atom is 0.203 e. The van der Waals surface area contributed by atoms with Gasteiger partial charge in [0.15, 0.2) is 5.82 Å². The van der Waals surface area contributed by atoms with E-state index in [1.54, 1.807) is 0 Å². The molecular weight excluding hydrogens is 204 g/mol. The Morgan fingerprint density at radius 1 is 1.00 bits per heavy atom. The van der Waals surface area contributed by atoms with Gasteiger partial charge in [0.1, 0.15) is 0 Å². The van der Waals surface area contributed by atoms with Crippen LogP contribution in [0.25, 0.3) is 22.7 Å². The largest absolute Gasteiger partial charge is 0.369 e. The van der Waals surface area contributed by atoms with Gasteiger partial charge in [-0.15, -0.1) is 10.2 Å². The molecule has 16 heavy (non-hydrogen) atoms. The minimum Gasteiger partial charge on any atom is -0.369 e. The second-order valence-corrected chi connectivity index (χ2v) is 3.30. The fraction of sp³-hybridized carbons (Fsp3) is 0. The number of hydrogen-bond donors (Lipinski definition) is 2. The van der Waals surface area contributed by atoms with Crippen molar-refractivity contribution in [1.82, 2.24) is 25.1 Å². The highest BCUT2D eigenvalue weighted by molar-refractivity contribution is 5.70. The number of nitrogens with zero attached hydrogens (tertiary/aromatic N) is 4. The maximum atomic E-state index is 5.50. The average molecular weight is 212 g/mol. The predicted octanol–water partition coefficient (Wildman–Crippen LogP) is 0.997. The Hall–Kier alpha value is -2.50. The fourth-order valence-corrected chi connectivity index (χ4v) is 1.45. The third kappa shape index (κ3) is 1.36. The first kappa shape index (κ1) is 8.78. The molecule has 0 aliphatic heterocycles. The summed E-state index contributed by atoms with van der Waals surface area (Å²) in [6, 6.07) is 9.60. The van der Waals surface area contributed by atoms with E-state index in [9.17, 15) is 0 Å². The van der Waals surface area contributed by atoms with Crippen LogP contribution in [-0.2, 0) is 0 Å². The number of H-pyrrole nitrogens is 1. The molecular formula is C10H8N6. The number of anilines is 1. The molecule has 0 bridgehead atoms. The van der Waals surface area contributed by atoms with E-state index >= 15 is 0 Å². The van der Waals surface area contributed by atoms with E-state index in [1.807, 2.05) is 30.3 Å². The molecule has 0 radical (unpaired) electrons. The number of fused-ring (bicyclic) bond motifs is 1. The molecule has 3 N–H and O–H groups in total. The lowest BCUT2D eigenvalue weighted by atomic mass is 10.2. The topological polar surface area (TPSA) is 93.4 Å². The number of hydrogen-bond acceptors (Lipinski definition) is 5. The molecule has 0 amide bonds. The molecule has 2 heterocycles. The molecule has 6 nitrogen and oxygen atoms in total. The maximum absolute atomic E-state index is 5.50. The molecule has 0 saturated heterocycles. The number of aromatic amines is 1. The normalized spacial score (nSPS) is 10.8. The number of nitrogens with one attached hydrogen (secondary N) is 1. The number of rotatable bonds is 1. The van der Waals surface area contributed by atoms with Crippen LogP contribution in [0, 0.1) is 0 Å². The molecule has 0 fully saturated rings. The Kier molecular flexibility index (Phi) is 1.79. The van der Waals surface area contributed by atoms with Gasteiger partial charge < -0.3 is 10.7 Å². The summed E-state index contributed by atoms with van der Waals surface area (Å²) >= 11 is 0. The summed E-state index contributed by atoms with van der Waals surface area (Å²) in [7, 11) is 0. The fourth-order valence-electron chi connectivity index (χ4n) is 1.45. The zero-order valence-corrected chi connectivity index (χ0v) is 8.25. The second kappa shape index (κ2) is 3.27. The van der Waals surface area contributed by atoms with E-state index in [4.69, 9.17) is 5.73 Å². The van der Waals surface area contributed by atoms with Gasteiger partial charge in [-0.3, -0.25) is 0 Å². The van der Waals surface area contributed by atoms with Crippen molar-refractivity contribution in [2.75, 3.05) is 5.73 Å². The van der Waals surface area contributed by atoms with Gasteiger partial charge >= 0.3 is 0 Å². The van der Waals surface area contributed by atoms with E-state index in [0.717, 1.165) is 5.56 Å². The van der Waals surface area contributed by atoms with Gasteiger partial charge in [-0.25, -0.2) is 4.98 Å². The van der Waals surface area contributed by atoms with Gasteiger partial charge in [0, 0.05) is 5.56 Å². The quantitative estimate of drug-likeness (QED) is 0.627. The van der Waals surface area contributed by atoms with Crippen molar-refractivity contribution in [3.63, 3.8) is 0 Å². The van der Waals surface area contributed by atoms with Gasteiger partial charge in [-0.2, -0.15) is 4.98 Å². The summed E-state index contributed by atoms with van der Waals surface area (Å²) in [5.41, 5.74) is 7.38. The second-order valence-electron chi connectivity index (χ2n) is 3.30. The third-order valence-electron chi connectivity index (χ3n) is 2.17. The van der Waals surface area contributed by atoms with Crippen LogP contribution in [0.4, 0.5) is 5.95 Å². The monoisotopic (exact) mass is 212 g/mol. The number of imidazole rings is 1. The van der Waals surface area contributed by atoms with Crippen molar-refractivity contribution < 1.29 is 0 Å². The van der Waals surface area contributed by atoms with Gasteiger partial charge in [0.25, 0.3) is 0 Å². The molecule has 0 unspecified atom stereocenters. The van der Waals surface area contributed by atoms with Crippen molar-refractivity contribution in [3.8, 4) is 11.4 Å². The molecule has 6 heteroatoms. The molecule has 0 saturated carbocycles. The molecule has 3 aromatic rings. The van der Waals surface area contributed by atoms with Crippen LogP contribution in [0.15, 0.2) is 30.3 Å². The number of benzene rings is 1. The lowest BCUT2D eigenvalue weighted by molar-refractivity contribution is 1.02. The first-order valence-electron chi connectivity index (χ1n) is 4.74. The van der Waals surface area contributed by atoms with Crippen LogP contribution in [0.5, 0.6) is 0 Å². The van der Waals surface area contributed by atoms with E-state index in [0.29, 0.717) is 23.1 Å². The van der Waals surface area contributed by atoms with Gasteiger partial charge in [-0.05, 0) is 0 Å². The van der Waals surface area contributed by atoms with E-state index in [-0.39, 0.29) is 0 Å². The van der Waals surface area contributed by atoms with Crippen molar-refractivity contribution in [2.45, 2.75) is 0 Å². The molecule has 1 aromatic carbocycles. The highest BCUT2D eigenvalue weighted by Crippen LogP contribution is 2.15. The Labute approximate surface area is 90.6 Å². The van der Waals surface area contributed by atoms with E-state index in [1.165, 1.54) is 0 Å². The van der Waals surface area contributed by atoms with Crippen LogP contribution < -0.4 is 5.73 Å². The van der Waals surface area contributed by atoms with E-state index < -0.39 is 0 Å². The standard InChI is InChI=1S/C10H8N6/c11-10-13-8-9(14-10)16-15-7(12-8)6-4-2-1-3-5-6/h1-5H,(H3,11,12,13,14,15,16). The average Bonchev–Trinajstić information content (AvgIpc) is 2.69. The Bertz CT molecular complexity index is 630. The molecule has 2 aromatic heterocycles. The molecule has 78 valence electrons. The highest BCUT2D eigenvalue weighted by atomic mass is 15.2. The van der Waals surface area contributed by atoms with Crippen LogP contribution >= 0.6 is 0 Å². The van der Waals surface area contributed by atoms with Gasteiger partial charge in [0.05, 0.1) is 0 Å². The lowest BCUT2D eigenvalue weighted by Crippen LogP contribution is -1.93. The third-order valence-corrected chi connectivity index (χ3v) is 2.17. The minimum atomic E-state index is 0.294. The zero-order valence-electron chi connectivity index (χ0n) is 8.25. The Morgan fingerprint density at radius 2 is 1.81 bits per heavy atom. The number of nitrogens with two attached hydrogens (primary N) is 1. The van der Waals surface area contributed by atoms with E-state index in [2.05, 4.69) is 25.1 Å². The predicted molar refractivity (Wildman–Crippen MR) is 59.3 cm³/mol. The summed E-state index contributed by atoms with van der Waals surface area (Å²) in [5, 5.41) is 7.97. The molecule has 0 aliphatic rings. The molecule has 0 aliphatic carbocycles. The summed E-state index contributed by atoms with van der Waals surface area (Å²) in [5.74, 6) is 0.835. The first-order chi connectivity index (χ1) is 7.83. The van der Waals surface area contributed by atoms with Crippen LogP contribution in [0.3, 0.4) is 0 Å². The van der Waals surface area contributed by atoms with Crippen molar-refractivity contribution in [2.24, 2.45) is 0 Å². The summed E-state index contributed by atoms with van der Waals surface area (Å²) in [6.45, 7) is 0. The summed E-state index contributed by atoms with van der Waals surface area (Å²) in [6.07, 6.45) is 0. The van der Waals surface area contributed by atoms with Crippen LogP contribution in [0.1, 0.15) is 0 Å². The van der Waals surface area contributed by atoms with Crippen molar-refractivity contribution >= 4 is 17.2 Å². The first-order valence-corrected chi connectivity index (χ1v) is 4.74. The smallest absolute Gasteiger partial charge is 0.203 e. The van der Waals surface area contributed by atoms with Crippen LogP contribution in [0.2, 0.25) is 0 Å². The lowest BCUT2D eigenvalue weighted by Gasteiger charge is -1.96. The van der Waals surface area contributed by atoms with Crippen molar-refractivity contribution in [3.05, 3.63) is 30.3 Å². The van der Waals surface area contributed by atoms with Gasteiger partial charge in [0.2, 0.25) is 17.2 Å². The summed E-state index contributed by atoms with van der Waals surface area (Å²) < 4.78 is 0. The number of aromatic nitrogens is 5. The summed E-state index contributed by atoms with van der Waals surface area (Å²) in [4.78, 5) is 11.0. The molecule has 0 atom stereocenters. The zero-order chi connectivity index (χ0) is 11.0. The van der Waals surface area contributed by atoms with Gasteiger partial charge in [-0.1, -0.05) is 30.3 Å². The SMILES string of the molecule is Nc1nc2nc(-c3ccccc3)nnc2[nH]1. The van der Waals surface area contributed by atoms with Crippen molar-refractivity contribution in [1.29, 1.82) is 0 Å². The Balaban J connectivity index is 2.18. The Morgan fingerprint density at radius 3 is 2.62 bits per heavy atom. The minimum absolute atomic E-state index is 0.294. The highest BCUT2D eigenvalue weighted by Gasteiger charge is 2.06. The molecule has 0 spiro atoms. The number of nitrogen functional groups attached to an aromatic ring is 1. The van der Waals surface area contributed by atoms with Crippen LogP contribution in [-0.4, -0.2) is 25.1 Å². The molecule has 3 rings (SSSR count).